The van der Waals surface area contributed by atoms with E-state index in [2.05, 4.69) is 0 Å². The smallest absolute Gasteiger partial charge is 0.241 e. The Balaban J connectivity index is 2.39. The van der Waals surface area contributed by atoms with Crippen LogP contribution in [0.3, 0.4) is 0 Å². The van der Waals surface area contributed by atoms with Gasteiger partial charge in [-0.1, -0.05) is 6.07 Å². The second-order valence-corrected chi connectivity index (χ2v) is 8.50. The predicted molar refractivity (Wildman–Crippen MR) is 95.3 cm³/mol. The molecular weight excluding hydrogens is 344 g/mol. The van der Waals surface area contributed by atoms with E-state index in [1.54, 1.807) is 40.4 Å². The van der Waals surface area contributed by atoms with Crippen LogP contribution in [0.1, 0.15) is 31.4 Å². The Morgan fingerprint density at radius 2 is 1.96 bits per heavy atom. The van der Waals surface area contributed by atoms with Crippen molar-refractivity contribution in [2.75, 3.05) is 34.9 Å². The summed E-state index contributed by atoms with van der Waals surface area (Å²) in [6, 6.07) is 5.01. The van der Waals surface area contributed by atoms with Gasteiger partial charge >= 0.3 is 0 Å². The molecule has 8 heteroatoms. The minimum atomic E-state index is -3.77. The third-order valence-electron chi connectivity index (χ3n) is 4.57. The van der Waals surface area contributed by atoms with Gasteiger partial charge in [0, 0.05) is 32.3 Å². The van der Waals surface area contributed by atoms with Crippen LogP contribution in [0, 0.1) is 0 Å². The van der Waals surface area contributed by atoms with E-state index in [4.69, 9.17) is 9.47 Å². The number of nitrogens with zero attached hydrogens (tertiary/aromatic N) is 2. The molecule has 0 aromatic heterocycles. The summed E-state index contributed by atoms with van der Waals surface area (Å²) < 4.78 is 38.1. The maximum Gasteiger partial charge on any atom is 0.241 e. The van der Waals surface area contributed by atoms with E-state index in [0.29, 0.717) is 24.5 Å². The first-order valence-corrected chi connectivity index (χ1v) is 9.68. The van der Waals surface area contributed by atoms with Crippen molar-refractivity contribution in [1.82, 2.24) is 9.21 Å². The molecule has 0 aliphatic carbocycles. The Kier molecular flexibility index (Phi) is 5.95. The largest absolute Gasteiger partial charge is 0.497 e. The van der Waals surface area contributed by atoms with Crippen LogP contribution in [0.25, 0.3) is 0 Å². The monoisotopic (exact) mass is 370 g/mol. The van der Waals surface area contributed by atoms with Crippen molar-refractivity contribution in [2.24, 2.45) is 0 Å². The van der Waals surface area contributed by atoms with Gasteiger partial charge in [-0.3, -0.25) is 4.79 Å². The van der Waals surface area contributed by atoms with Gasteiger partial charge in [0.1, 0.15) is 11.5 Å². The zero-order valence-electron chi connectivity index (χ0n) is 15.4. The lowest BCUT2D eigenvalue weighted by molar-refractivity contribution is -0.128. The zero-order valence-corrected chi connectivity index (χ0v) is 16.2. The number of hydrogen-bond acceptors (Lipinski definition) is 5. The van der Waals surface area contributed by atoms with E-state index in [-0.39, 0.29) is 6.04 Å². The second-order valence-electron chi connectivity index (χ2n) is 6.30. The van der Waals surface area contributed by atoms with E-state index < -0.39 is 21.2 Å². The highest BCUT2D eigenvalue weighted by molar-refractivity contribution is 7.90. The van der Waals surface area contributed by atoms with Gasteiger partial charge in [0.05, 0.1) is 20.3 Å². The van der Waals surface area contributed by atoms with Crippen molar-refractivity contribution < 1.29 is 22.7 Å². The lowest BCUT2D eigenvalue weighted by Gasteiger charge is -2.29. The Morgan fingerprint density at radius 3 is 2.52 bits per heavy atom. The zero-order chi connectivity index (χ0) is 18.8. The SMILES string of the molecule is COc1ccc([C@H]2CCCN2S(=O)(=O)[C@H](C)C(=O)N(C)C)c(OC)c1. The molecule has 1 saturated heterocycles. The first-order chi connectivity index (χ1) is 11.7. The first-order valence-electron chi connectivity index (χ1n) is 8.17. The molecule has 1 amide bonds. The fraction of sp³-hybridized carbons (Fsp3) is 0.588. The number of ether oxygens (including phenoxy) is 2. The van der Waals surface area contributed by atoms with Gasteiger partial charge in [-0.05, 0) is 25.8 Å². The Hall–Kier alpha value is -1.80. The Labute approximate surface area is 149 Å². The van der Waals surface area contributed by atoms with Crippen LogP contribution in [0.15, 0.2) is 18.2 Å². The van der Waals surface area contributed by atoms with Crippen LogP contribution in [-0.2, 0) is 14.8 Å². The van der Waals surface area contributed by atoms with Gasteiger partial charge in [0.15, 0.2) is 5.25 Å². The van der Waals surface area contributed by atoms with E-state index in [1.807, 2.05) is 6.07 Å². The highest BCUT2D eigenvalue weighted by Gasteiger charge is 2.42. The molecule has 2 atom stereocenters. The van der Waals surface area contributed by atoms with E-state index in [0.717, 1.165) is 12.0 Å². The number of benzene rings is 1. The summed E-state index contributed by atoms with van der Waals surface area (Å²) in [5.41, 5.74) is 0.786. The fourth-order valence-corrected chi connectivity index (χ4v) is 4.97. The highest BCUT2D eigenvalue weighted by atomic mass is 32.2. The van der Waals surface area contributed by atoms with Crippen LogP contribution in [0.5, 0.6) is 11.5 Å². The summed E-state index contributed by atoms with van der Waals surface area (Å²) in [7, 11) is 2.46. The van der Waals surface area contributed by atoms with Gasteiger partial charge in [0.2, 0.25) is 15.9 Å². The molecule has 140 valence electrons. The van der Waals surface area contributed by atoms with Crippen LogP contribution in [0.2, 0.25) is 0 Å². The van der Waals surface area contributed by atoms with Crippen molar-refractivity contribution >= 4 is 15.9 Å². The fourth-order valence-electron chi connectivity index (χ4n) is 3.14. The highest BCUT2D eigenvalue weighted by Crippen LogP contribution is 2.40. The second kappa shape index (κ2) is 7.61. The molecule has 0 N–H and O–H groups in total. The minimum Gasteiger partial charge on any atom is -0.497 e. The van der Waals surface area contributed by atoms with Crippen LogP contribution < -0.4 is 9.47 Å². The molecule has 0 spiro atoms. The van der Waals surface area contributed by atoms with Crippen LogP contribution >= 0.6 is 0 Å². The molecule has 0 unspecified atom stereocenters. The lowest BCUT2D eigenvalue weighted by Crippen LogP contribution is -2.44. The average molecular weight is 370 g/mol. The molecule has 0 bridgehead atoms. The maximum absolute atomic E-state index is 13.0. The van der Waals surface area contributed by atoms with Gasteiger partial charge in [-0.25, -0.2) is 8.42 Å². The van der Waals surface area contributed by atoms with Crippen molar-refractivity contribution in [3.63, 3.8) is 0 Å². The molecule has 7 nitrogen and oxygen atoms in total. The van der Waals surface area contributed by atoms with Gasteiger partial charge in [-0.2, -0.15) is 4.31 Å². The normalized spacial score (nSPS) is 19.5. The molecule has 1 fully saturated rings. The van der Waals surface area contributed by atoms with Crippen molar-refractivity contribution in [1.29, 1.82) is 0 Å². The van der Waals surface area contributed by atoms with Crippen LogP contribution in [-0.4, -0.2) is 63.6 Å². The third-order valence-corrected chi connectivity index (χ3v) is 6.75. The number of methoxy groups -OCH3 is 2. The minimum absolute atomic E-state index is 0.344. The topological polar surface area (TPSA) is 76.2 Å². The number of carbonyl (C=O) groups excluding carboxylic acids is 1. The van der Waals surface area contributed by atoms with E-state index in [1.165, 1.54) is 16.1 Å². The number of hydrogen-bond donors (Lipinski definition) is 0. The number of sulfonamides is 1. The Bertz CT molecular complexity index is 733. The van der Waals surface area contributed by atoms with E-state index in [9.17, 15) is 13.2 Å². The maximum atomic E-state index is 13.0. The molecule has 2 rings (SSSR count). The van der Waals surface area contributed by atoms with Crippen LogP contribution in [0.4, 0.5) is 0 Å². The summed E-state index contributed by atoms with van der Waals surface area (Å²) in [6.07, 6.45) is 1.42. The summed E-state index contributed by atoms with van der Waals surface area (Å²) in [4.78, 5) is 13.5. The number of amides is 1. The van der Waals surface area contributed by atoms with Crippen molar-refractivity contribution in [3.05, 3.63) is 23.8 Å². The Morgan fingerprint density at radius 1 is 1.28 bits per heavy atom. The average Bonchev–Trinajstić information content (AvgIpc) is 3.09. The third kappa shape index (κ3) is 3.74. The van der Waals surface area contributed by atoms with E-state index >= 15 is 0 Å². The molecule has 0 saturated carbocycles. The molecular formula is C17H26N2O5S. The van der Waals surface area contributed by atoms with Crippen molar-refractivity contribution in [2.45, 2.75) is 31.1 Å². The summed E-state index contributed by atoms with van der Waals surface area (Å²) in [6.45, 7) is 1.84. The standard InChI is InChI=1S/C17H26N2O5S/c1-12(17(20)18(2)3)25(21,22)19-10-6-7-15(19)14-9-8-13(23-4)11-16(14)24-5/h8-9,11-12,15H,6-7,10H2,1-5H3/t12-,15-/m1/s1. The molecule has 1 aromatic rings. The van der Waals surface area contributed by atoms with Gasteiger partial charge in [-0.15, -0.1) is 0 Å². The summed E-state index contributed by atoms with van der Waals surface area (Å²) in [5, 5.41) is -1.12. The van der Waals surface area contributed by atoms with Crippen molar-refractivity contribution in [3.8, 4) is 11.5 Å². The van der Waals surface area contributed by atoms with Gasteiger partial charge < -0.3 is 14.4 Å². The molecule has 1 aliphatic rings. The molecule has 1 aliphatic heterocycles. The van der Waals surface area contributed by atoms with Gasteiger partial charge in [0.25, 0.3) is 0 Å². The molecule has 1 heterocycles. The lowest BCUT2D eigenvalue weighted by atomic mass is 10.0. The molecule has 25 heavy (non-hydrogen) atoms. The number of rotatable bonds is 6. The molecule has 1 aromatic carbocycles. The molecule has 0 radical (unpaired) electrons. The first kappa shape index (κ1) is 19.5. The summed E-state index contributed by atoms with van der Waals surface area (Å²) in [5.74, 6) is 0.801. The number of carbonyl (C=O) groups is 1. The predicted octanol–water partition coefficient (Wildman–Crippen LogP) is 1.65. The quantitative estimate of drug-likeness (QED) is 0.761. The summed E-state index contributed by atoms with van der Waals surface area (Å²) >= 11 is 0.